The number of benzene rings is 1. The maximum Gasteiger partial charge on any atom is 0.227 e. The van der Waals surface area contributed by atoms with Gasteiger partial charge >= 0.3 is 0 Å². The predicted octanol–water partition coefficient (Wildman–Crippen LogP) is 2.23. The minimum atomic E-state index is -3.16. The van der Waals surface area contributed by atoms with Crippen molar-refractivity contribution < 1.29 is 13.2 Å². The van der Waals surface area contributed by atoms with E-state index in [4.69, 9.17) is 0 Å². The van der Waals surface area contributed by atoms with Gasteiger partial charge in [-0.3, -0.25) is 9.78 Å². The zero-order valence-corrected chi connectivity index (χ0v) is 14.4. The van der Waals surface area contributed by atoms with Gasteiger partial charge in [-0.2, -0.15) is 0 Å². The molecule has 0 bridgehead atoms. The molecule has 7 heteroatoms. The third-order valence-corrected chi connectivity index (χ3v) is 6.32. The van der Waals surface area contributed by atoms with Gasteiger partial charge in [-0.1, -0.05) is 18.2 Å². The number of nitrogens with zero attached hydrogens (tertiary/aromatic N) is 2. The molecule has 1 N–H and O–H groups in total. The van der Waals surface area contributed by atoms with Crippen molar-refractivity contribution in [2.24, 2.45) is 5.92 Å². The van der Waals surface area contributed by atoms with Gasteiger partial charge in [-0.15, -0.1) is 0 Å². The largest absolute Gasteiger partial charge is 0.324 e. The van der Waals surface area contributed by atoms with Crippen LogP contribution in [0.4, 0.5) is 5.69 Å². The van der Waals surface area contributed by atoms with Crippen LogP contribution in [-0.2, 0) is 14.8 Å². The number of pyridine rings is 1. The number of carbonyl (C=O) groups is 1. The molecular weight excluding hydrogens is 326 g/mol. The Morgan fingerprint density at radius 1 is 1.29 bits per heavy atom. The smallest absolute Gasteiger partial charge is 0.227 e. The number of sulfonamides is 1. The van der Waals surface area contributed by atoms with Gasteiger partial charge in [-0.25, -0.2) is 12.7 Å². The van der Waals surface area contributed by atoms with E-state index in [1.54, 1.807) is 13.1 Å². The molecular formula is C17H21N3O3S. The van der Waals surface area contributed by atoms with Crippen LogP contribution in [-0.4, -0.2) is 42.5 Å². The normalized spacial score (nSPS) is 17.0. The van der Waals surface area contributed by atoms with E-state index in [1.165, 1.54) is 4.31 Å². The third kappa shape index (κ3) is 3.57. The van der Waals surface area contributed by atoms with Crippen molar-refractivity contribution in [3.63, 3.8) is 0 Å². The van der Waals surface area contributed by atoms with Gasteiger partial charge < -0.3 is 5.32 Å². The van der Waals surface area contributed by atoms with Gasteiger partial charge in [0.2, 0.25) is 15.9 Å². The SMILES string of the molecule is CCS(=O)(=O)N1CCC(C(=O)Nc2cnc3ccccc3c2)CC1. The molecule has 3 rings (SSSR count). The van der Waals surface area contributed by atoms with Crippen LogP contribution < -0.4 is 5.32 Å². The molecule has 1 aliphatic heterocycles. The zero-order valence-electron chi connectivity index (χ0n) is 13.6. The van der Waals surface area contributed by atoms with E-state index in [9.17, 15) is 13.2 Å². The fraction of sp³-hybridized carbons (Fsp3) is 0.412. The van der Waals surface area contributed by atoms with Crippen LogP contribution >= 0.6 is 0 Å². The molecule has 0 spiro atoms. The number of fused-ring (bicyclic) bond motifs is 1. The lowest BCUT2D eigenvalue weighted by Gasteiger charge is -2.30. The van der Waals surface area contributed by atoms with E-state index in [0.717, 1.165) is 10.9 Å². The van der Waals surface area contributed by atoms with Gasteiger partial charge in [-0.05, 0) is 31.9 Å². The average molecular weight is 347 g/mol. The topological polar surface area (TPSA) is 79.4 Å². The first-order valence-electron chi connectivity index (χ1n) is 8.13. The summed E-state index contributed by atoms with van der Waals surface area (Å²) in [5, 5.41) is 3.87. The van der Waals surface area contributed by atoms with Crippen molar-refractivity contribution in [3.05, 3.63) is 36.5 Å². The van der Waals surface area contributed by atoms with Crippen molar-refractivity contribution >= 4 is 32.5 Å². The minimum absolute atomic E-state index is 0.0689. The van der Waals surface area contributed by atoms with Crippen LogP contribution in [0, 0.1) is 5.92 Å². The molecule has 0 atom stereocenters. The van der Waals surface area contributed by atoms with Crippen molar-refractivity contribution in [1.82, 2.24) is 9.29 Å². The molecule has 0 aliphatic carbocycles. The standard InChI is InChI=1S/C17H21N3O3S/c1-2-24(22,23)20-9-7-13(8-10-20)17(21)19-15-11-14-5-3-4-6-16(14)18-12-15/h3-6,11-13H,2,7-10H2,1H3,(H,19,21). The number of piperidine rings is 1. The second-order valence-electron chi connectivity index (χ2n) is 5.98. The highest BCUT2D eigenvalue weighted by molar-refractivity contribution is 7.89. The molecule has 1 aliphatic rings. The van der Waals surface area contributed by atoms with Gasteiger partial charge in [0.1, 0.15) is 0 Å². The summed E-state index contributed by atoms with van der Waals surface area (Å²) in [4.78, 5) is 16.8. The van der Waals surface area contributed by atoms with E-state index in [-0.39, 0.29) is 17.6 Å². The first kappa shape index (κ1) is 16.9. The lowest BCUT2D eigenvalue weighted by atomic mass is 9.97. The molecule has 0 unspecified atom stereocenters. The molecule has 2 heterocycles. The molecule has 0 saturated carbocycles. The summed E-state index contributed by atoms with van der Waals surface area (Å²) < 4.78 is 25.2. The number of para-hydroxylation sites is 1. The highest BCUT2D eigenvalue weighted by Gasteiger charge is 2.30. The van der Waals surface area contributed by atoms with Crippen LogP contribution in [0.3, 0.4) is 0 Å². The Balaban J connectivity index is 1.63. The van der Waals surface area contributed by atoms with E-state index in [0.29, 0.717) is 31.6 Å². The summed E-state index contributed by atoms with van der Waals surface area (Å²) in [7, 11) is -3.16. The van der Waals surface area contributed by atoms with E-state index in [1.807, 2.05) is 30.3 Å². The molecule has 1 amide bonds. The maximum absolute atomic E-state index is 12.4. The lowest BCUT2D eigenvalue weighted by Crippen LogP contribution is -2.42. The number of rotatable bonds is 4. The molecule has 24 heavy (non-hydrogen) atoms. The number of carbonyl (C=O) groups excluding carboxylic acids is 1. The number of nitrogens with one attached hydrogen (secondary N) is 1. The van der Waals surface area contributed by atoms with E-state index in [2.05, 4.69) is 10.3 Å². The average Bonchev–Trinajstić information content (AvgIpc) is 2.61. The van der Waals surface area contributed by atoms with Gasteiger partial charge in [0.05, 0.1) is 23.2 Å². The van der Waals surface area contributed by atoms with Crippen molar-refractivity contribution in [1.29, 1.82) is 0 Å². The number of aromatic nitrogens is 1. The minimum Gasteiger partial charge on any atom is -0.324 e. The highest BCUT2D eigenvalue weighted by atomic mass is 32.2. The summed E-state index contributed by atoms with van der Waals surface area (Å²) in [5.41, 5.74) is 1.55. The van der Waals surface area contributed by atoms with Crippen LogP contribution in [0.25, 0.3) is 10.9 Å². The van der Waals surface area contributed by atoms with Crippen LogP contribution in [0.2, 0.25) is 0 Å². The predicted molar refractivity (Wildman–Crippen MR) is 94.1 cm³/mol. The molecule has 2 aromatic rings. The van der Waals surface area contributed by atoms with Gasteiger partial charge in [0, 0.05) is 24.4 Å². The zero-order chi connectivity index (χ0) is 17.2. The Hall–Kier alpha value is -1.99. The fourth-order valence-corrected chi connectivity index (χ4v) is 4.09. The monoisotopic (exact) mass is 347 g/mol. The second kappa shape index (κ2) is 6.86. The van der Waals surface area contributed by atoms with Gasteiger partial charge in [0.25, 0.3) is 0 Å². The molecule has 128 valence electrons. The van der Waals surface area contributed by atoms with Crippen LogP contribution in [0.1, 0.15) is 19.8 Å². The van der Waals surface area contributed by atoms with Crippen molar-refractivity contribution in [3.8, 4) is 0 Å². The lowest BCUT2D eigenvalue weighted by molar-refractivity contribution is -0.120. The number of hydrogen-bond acceptors (Lipinski definition) is 4. The fourth-order valence-electron chi connectivity index (χ4n) is 2.96. The first-order valence-corrected chi connectivity index (χ1v) is 9.74. The van der Waals surface area contributed by atoms with Crippen molar-refractivity contribution in [2.75, 3.05) is 24.2 Å². The number of hydrogen-bond donors (Lipinski definition) is 1. The maximum atomic E-state index is 12.4. The van der Waals surface area contributed by atoms with E-state index >= 15 is 0 Å². The molecule has 6 nitrogen and oxygen atoms in total. The Bertz CT molecular complexity index is 843. The highest BCUT2D eigenvalue weighted by Crippen LogP contribution is 2.22. The first-order chi connectivity index (χ1) is 11.5. The summed E-state index contributed by atoms with van der Waals surface area (Å²) in [5.74, 6) is -0.132. The van der Waals surface area contributed by atoms with E-state index < -0.39 is 10.0 Å². The number of anilines is 1. The summed E-state index contributed by atoms with van der Waals surface area (Å²) in [6.07, 6.45) is 2.75. The Morgan fingerprint density at radius 2 is 2.00 bits per heavy atom. The summed E-state index contributed by atoms with van der Waals surface area (Å²) >= 11 is 0. The summed E-state index contributed by atoms with van der Waals surface area (Å²) in [6, 6.07) is 9.62. The Kier molecular flexibility index (Phi) is 4.82. The Morgan fingerprint density at radius 3 is 2.71 bits per heavy atom. The molecule has 1 saturated heterocycles. The molecule has 1 aromatic carbocycles. The third-order valence-electron chi connectivity index (χ3n) is 4.44. The summed E-state index contributed by atoms with van der Waals surface area (Å²) in [6.45, 7) is 2.45. The van der Waals surface area contributed by atoms with Crippen LogP contribution in [0.15, 0.2) is 36.5 Å². The molecule has 1 fully saturated rings. The molecule has 1 aromatic heterocycles. The second-order valence-corrected chi connectivity index (χ2v) is 8.24. The quantitative estimate of drug-likeness (QED) is 0.920. The molecule has 0 radical (unpaired) electrons. The number of amides is 1. The Labute approximate surface area is 141 Å². The van der Waals surface area contributed by atoms with Gasteiger partial charge in [0.15, 0.2) is 0 Å². The van der Waals surface area contributed by atoms with Crippen molar-refractivity contribution in [2.45, 2.75) is 19.8 Å². The van der Waals surface area contributed by atoms with Crippen LogP contribution in [0.5, 0.6) is 0 Å².